The molecule has 7 heteroatoms. The molecule has 0 aliphatic carbocycles. The highest BCUT2D eigenvalue weighted by Gasteiger charge is 2.33. The third-order valence-electron chi connectivity index (χ3n) is 1.18. The average Bonchev–Trinajstić information content (AvgIpc) is 2.01. The van der Waals surface area contributed by atoms with Gasteiger partial charge in [-0.1, -0.05) is 41.7 Å². The highest BCUT2D eigenvalue weighted by Crippen LogP contribution is 2.28. The monoisotopic (exact) mass is 248 g/mol. The standard InChI is InChI=1S/C6H11Cl3N2O2/c1-3-10-4(6(7,8)9)11-5(12)13-2/h4,10H,3H2,1-2H3,(H,11,12)/t4-/m0/s1. The van der Waals surface area contributed by atoms with E-state index in [2.05, 4.69) is 15.4 Å². The molecule has 0 aromatic rings. The van der Waals surface area contributed by atoms with Crippen molar-refractivity contribution >= 4 is 40.9 Å². The van der Waals surface area contributed by atoms with Gasteiger partial charge in [0.1, 0.15) is 6.17 Å². The third kappa shape index (κ3) is 5.41. The first-order valence-corrected chi connectivity index (χ1v) is 4.69. The number of hydrogen-bond acceptors (Lipinski definition) is 3. The van der Waals surface area contributed by atoms with Crippen LogP contribution < -0.4 is 10.6 Å². The van der Waals surface area contributed by atoms with Gasteiger partial charge in [-0.05, 0) is 6.54 Å². The summed E-state index contributed by atoms with van der Waals surface area (Å²) in [6.45, 7) is 2.38. The maximum atomic E-state index is 10.8. The molecule has 0 fully saturated rings. The summed E-state index contributed by atoms with van der Waals surface area (Å²) in [5.41, 5.74) is 0. The summed E-state index contributed by atoms with van der Waals surface area (Å²) in [6, 6.07) is 0. The number of ether oxygens (including phenoxy) is 1. The van der Waals surface area contributed by atoms with Crippen molar-refractivity contribution < 1.29 is 9.53 Å². The number of carbonyl (C=O) groups excluding carboxylic acids is 1. The highest BCUT2D eigenvalue weighted by molar-refractivity contribution is 6.68. The van der Waals surface area contributed by atoms with Crippen LogP contribution in [0.25, 0.3) is 0 Å². The smallest absolute Gasteiger partial charge is 0.408 e. The molecule has 0 bridgehead atoms. The molecule has 0 unspecified atom stereocenters. The van der Waals surface area contributed by atoms with Gasteiger partial charge in [0, 0.05) is 0 Å². The first-order chi connectivity index (χ1) is 5.91. The van der Waals surface area contributed by atoms with Crippen LogP contribution in [0, 0.1) is 0 Å². The maximum Gasteiger partial charge on any atom is 0.408 e. The van der Waals surface area contributed by atoms with E-state index in [1.54, 1.807) is 0 Å². The van der Waals surface area contributed by atoms with E-state index in [1.807, 2.05) is 6.92 Å². The Morgan fingerprint density at radius 2 is 2.08 bits per heavy atom. The summed E-state index contributed by atoms with van der Waals surface area (Å²) in [5.74, 6) is 0. The minimum Gasteiger partial charge on any atom is -0.453 e. The topological polar surface area (TPSA) is 50.4 Å². The molecular formula is C6H11Cl3N2O2. The fourth-order valence-corrected chi connectivity index (χ4v) is 1.02. The zero-order chi connectivity index (χ0) is 10.5. The molecule has 0 heterocycles. The van der Waals surface area contributed by atoms with Gasteiger partial charge in [0.15, 0.2) is 0 Å². The van der Waals surface area contributed by atoms with Crippen molar-refractivity contribution in [1.82, 2.24) is 10.6 Å². The van der Waals surface area contributed by atoms with Crippen molar-refractivity contribution in [2.24, 2.45) is 0 Å². The third-order valence-corrected chi connectivity index (χ3v) is 1.84. The largest absolute Gasteiger partial charge is 0.453 e. The number of amides is 1. The van der Waals surface area contributed by atoms with E-state index in [0.29, 0.717) is 6.54 Å². The van der Waals surface area contributed by atoms with Crippen molar-refractivity contribution in [3.63, 3.8) is 0 Å². The number of methoxy groups -OCH3 is 1. The summed E-state index contributed by atoms with van der Waals surface area (Å²) in [6.07, 6.45) is -1.42. The van der Waals surface area contributed by atoms with E-state index in [0.717, 1.165) is 0 Å². The van der Waals surface area contributed by atoms with Crippen molar-refractivity contribution in [1.29, 1.82) is 0 Å². The number of rotatable bonds is 3. The summed E-state index contributed by atoms with van der Waals surface area (Å²) < 4.78 is 2.75. The Kier molecular flexibility index (Phi) is 5.80. The highest BCUT2D eigenvalue weighted by atomic mass is 35.6. The number of alkyl halides is 3. The lowest BCUT2D eigenvalue weighted by Crippen LogP contribution is -2.53. The van der Waals surface area contributed by atoms with Gasteiger partial charge >= 0.3 is 6.09 Å². The summed E-state index contributed by atoms with van der Waals surface area (Å²) in [4.78, 5) is 10.8. The average molecular weight is 250 g/mol. The lowest BCUT2D eigenvalue weighted by molar-refractivity contribution is 0.164. The molecule has 2 N–H and O–H groups in total. The normalized spacial score (nSPS) is 13.6. The minimum absolute atomic E-state index is 0.558. The zero-order valence-electron chi connectivity index (χ0n) is 7.23. The Morgan fingerprint density at radius 3 is 2.38 bits per heavy atom. The van der Waals surface area contributed by atoms with Gasteiger partial charge in [-0.2, -0.15) is 0 Å². The second-order valence-electron chi connectivity index (χ2n) is 2.17. The zero-order valence-corrected chi connectivity index (χ0v) is 9.50. The quantitative estimate of drug-likeness (QED) is 0.591. The molecule has 0 saturated heterocycles. The molecule has 0 rings (SSSR count). The maximum absolute atomic E-state index is 10.8. The SMILES string of the molecule is CCN[C@@H](NC(=O)OC)C(Cl)(Cl)Cl. The fourth-order valence-electron chi connectivity index (χ4n) is 0.629. The van der Waals surface area contributed by atoms with Gasteiger partial charge in [0.05, 0.1) is 7.11 Å². The van der Waals surface area contributed by atoms with Gasteiger partial charge in [-0.3, -0.25) is 5.32 Å². The number of carbonyl (C=O) groups is 1. The van der Waals surface area contributed by atoms with Gasteiger partial charge in [0.2, 0.25) is 3.79 Å². The summed E-state index contributed by atoms with van der Waals surface area (Å²) in [7, 11) is 1.23. The molecule has 0 saturated carbocycles. The van der Waals surface area contributed by atoms with Crippen LogP contribution in [-0.2, 0) is 4.74 Å². The Labute approximate surface area is 91.8 Å². The van der Waals surface area contributed by atoms with E-state index in [1.165, 1.54) is 7.11 Å². The predicted molar refractivity (Wildman–Crippen MR) is 53.3 cm³/mol. The predicted octanol–water partition coefficient (Wildman–Crippen LogP) is 1.65. The molecule has 0 radical (unpaired) electrons. The van der Waals surface area contributed by atoms with Gasteiger partial charge in [0.25, 0.3) is 0 Å². The van der Waals surface area contributed by atoms with Crippen LogP contribution in [0.15, 0.2) is 0 Å². The number of halogens is 3. The Bertz CT molecular complexity index is 172. The lowest BCUT2D eigenvalue weighted by Gasteiger charge is -2.25. The van der Waals surface area contributed by atoms with Gasteiger partial charge in [-0.15, -0.1) is 0 Å². The number of alkyl carbamates (subject to hydrolysis) is 1. The van der Waals surface area contributed by atoms with Crippen LogP contribution in [0.1, 0.15) is 6.92 Å². The summed E-state index contributed by atoms with van der Waals surface area (Å²) >= 11 is 16.7. The Morgan fingerprint density at radius 1 is 1.54 bits per heavy atom. The van der Waals surface area contributed by atoms with E-state index >= 15 is 0 Å². The van der Waals surface area contributed by atoms with Crippen LogP contribution in [0.2, 0.25) is 0 Å². The summed E-state index contributed by atoms with van der Waals surface area (Å²) in [5, 5.41) is 5.12. The van der Waals surface area contributed by atoms with Crippen molar-refractivity contribution in [3.8, 4) is 0 Å². The van der Waals surface area contributed by atoms with E-state index in [9.17, 15) is 4.79 Å². The van der Waals surface area contributed by atoms with Crippen molar-refractivity contribution in [3.05, 3.63) is 0 Å². The molecule has 13 heavy (non-hydrogen) atoms. The molecule has 1 atom stereocenters. The fraction of sp³-hybridized carbons (Fsp3) is 0.833. The van der Waals surface area contributed by atoms with Crippen LogP contribution in [0.3, 0.4) is 0 Å². The second kappa shape index (κ2) is 5.75. The van der Waals surface area contributed by atoms with Gasteiger partial charge in [-0.25, -0.2) is 4.79 Å². The van der Waals surface area contributed by atoms with Crippen LogP contribution in [0.5, 0.6) is 0 Å². The van der Waals surface area contributed by atoms with Gasteiger partial charge < -0.3 is 10.1 Å². The molecule has 0 aliphatic rings. The van der Waals surface area contributed by atoms with E-state index in [-0.39, 0.29) is 0 Å². The molecule has 0 aliphatic heterocycles. The lowest BCUT2D eigenvalue weighted by atomic mass is 10.5. The molecule has 0 spiro atoms. The van der Waals surface area contributed by atoms with E-state index < -0.39 is 16.1 Å². The van der Waals surface area contributed by atoms with Crippen LogP contribution >= 0.6 is 34.8 Å². The van der Waals surface area contributed by atoms with Crippen molar-refractivity contribution in [2.45, 2.75) is 16.9 Å². The second-order valence-corrected chi connectivity index (χ2v) is 4.54. The Balaban J connectivity index is 4.18. The molecule has 4 nitrogen and oxygen atoms in total. The minimum atomic E-state index is -1.61. The molecular weight excluding hydrogens is 238 g/mol. The molecule has 78 valence electrons. The van der Waals surface area contributed by atoms with Crippen molar-refractivity contribution in [2.75, 3.05) is 13.7 Å². The van der Waals surface area contributed by atoms with E-state index in [4.69, 9.17) is 34.8 Å². The first-order valence-electron chi connectivity index (χ1n) is 3.56. The first kappa shape index (κ1) is 13.1. The molecule has 0 aromatic carbocycles. The molecule has 1 amide bonds. The van der Waals surface area contributed by atoms with Crippen LogP contribution in [0.4, 0.5) is 4.79 Å². The van der Waals surface area contributed by atoms with Crippen LogP contribution in [-0.4, -0.2) is 29.7 Å². The number of hydrogen-bond donors (Lipinski definition) is 2. The molecule has 0 aromatic heterocycles. The Hall–Kier alpha value is 0.1000. The number of nitrogens with one attached hydrogen (secondary N) is 2.